The van der Waals surface area contributed by atoms with Crippen LogP contribution in [0.2, 0.25) is 0 Å². The first-order chi connectivity index (χ1) is 4.38. The molecule has 56 valence electrons. The third-order valence-electron chi connectivity index (χ3n) is 1.64. The molecule has 0 aromatic carbocycles. The molecule has 1 saturated carbocycles. The van der Waals surface area contributed by atoms with E-state index in [0.29, 0.717) is 6.04 Å². The second kappa shape index (κ2) is 2.50. The Morgan fingerprint density at radius 1 is 1.60 bits per heavy atom. The topological polar surface area (TPSA) is 43.8 Å². The van der Waals surface area contributed by atoms with Crippen LogP contribution in [0.25, 0.3) is 0 Å². The maximum atomic E-state index is 5.58. The lowest BCUT2D eigenvalue weighted by molar-refractivity contribution is 0.751. The van der Waals surface area contributed by atoms with Crippen molar-refractivity contribution >= 4 is 18.2 Å². The van der Waals surface area contributed by atoms with E-state index >= 15 is 0 Å². The lowest BCUT2D eigenvalue weighted by Gasteiger charge is -1.98. The number of halogens is 1. The summed E-state index contributed by atoms with van der Waals surface area (Å²) in [5.41, 5.74) is 5.58. The lowest BCUT2D eigenvalue weighted by atomic mass is 10.6. The van der Waals surface area contributed by atoms with Crippen molar-refractivity contribution in [1.29, 1.82) is 0 Å². The molecule has 0 unspecified atom stereocenters. The second-order valence-electron chi connectivity index (χ2n) is 2.46. The fraction of sp³-hybridized carbons (Fsp3) is 0.500. The van der Waals surface area contributed by atoms with Crippen LogP contribution >= 0.6 is 12.4 Å². The van der Waals surface area contributed by atoms with E-state index in [1.54, 1.807) is 12.5 Å². The van der Waals surface area contributed by atoms with Crippen LogP contribution in [-0.2, 0) is 0 Å². The smallest absolute Gasteiger partial charge is 0.123 e. The summed E-state index contributed by atoms with van der Waals surface area (Å²) >= 11 is 0. The highest BCUT2D eigenvalue weighted by molar-refractivity contribution is 5.85. The molecule has 0 radical (unpaired) electrons. The molecule has 3 nitrogen and oxygen atoms in total. The number of nitrogen functional groups attached to an aromatic ring is 1. The van der Waals surface area contributed by atoms with Crippen LogP contribution in [0.4, 0.5) is 5.82 Å². The van der Waals surface area contributed by atoms with Gasteiger partial charge in [0.25, 0.3) is 0 Å². The van der Waals surface area contributed by atoms with Gasteiger partial charge >= 0.3 is 0 Å². The predicted octanol–water partition coefficient (Wildman–Crippen LogP) is 1.22. The van der Waals surface area contributed by atoms with Crippen molar-refractivity contribution in [2.75, 3.05) is 5.73 Å². The summed E-state index contributed by atoms with van der Waals surface area (Å²) in [6, 6.07) is 0.660. The van der Waals surface area contributed by atoms with E-state index in [4.69, 9.17) is 5.73 Å². The Hall–Kier alpha value is -0.700. The standard InChI is InChI=1S/C6H9N3.ClH/c7-6-3-8-4-9(6)5-1-2-5;/h3-5H,1-2,7H2;1H. The number of imidazole rings is 1. The van der Waals surface area contributed by atoms with E-state index in [0.717, 1.165) is 5.82 Å². The molecule has 0 bridgehead atoms. The maximum absolute atomic E-state index is 5.58. The molecule has 1 aliphatic carbocycles. The van der Waals surface area contributed by atoms with Gasteiger partial charge in [0, 0.05) is 6.04 Å². The molecular formula is C6H10ClN3. The summed E-state index contributed by atoms with van der Waals surface area (Å²) in [5, 5.41) is 0. The number of anilines is 1. The highest BCUT2D eigenvalue weighted by Gasteiger charge is 2.24. The molecule has 1 aromatic rings. The number of hydrogen-bond acceptors (Lipinski definition) is 2. The van der Waals surface area contributed by atoms with Crippen molar-refractivity contribution in [2.45, 2.75) is 18.9 Å². The molecule has 10 heavy (non-hydrogen) atoms. The third kappa shape index (κ3) is 1.09. The molecular weight excluding hydrogens is 150 g/mol. The van der Waals surface area contributed by atoms with E-state index in [9.17, 15) is 0 Å². The molecule has 1 aliphatic rings. The van der Waals surface area contributed by atoms with Gasteiger partial charge < -0.3 is 10.3 Å². The number of aromatic nitrogens is 2. The minimum absolute atomic E-state index is 0. The fourth-order valence-corrected chi connectivity index (χ4v) is 0.973. The first-order valence-electron chi connectivity index (χ1n) is 3.15. The van der Waals surface area contributed by atoms with Crippen molar-refractivity contribution in [3.63, 3.8) is 0 Å². The summed E-state index contributed by atoms with van der Waals surface area (Å²) in [5.74, 6) is 0.789. The van der Waals surface area contributed by atoms with Crippen LogP contribution in [0, 0.1) is 0 Å². The molecule has 2 N–H and O–H groups in total. The molecule has 0 spiro atoms. The highest BCUT2D eigenvalue weighted by atomic mass is 35.5. The summed E-state index contributed by atoms with van der Waals surface area (Å²) in [7, 11) is 0. The van der Waals surface area contributed by atoms with Crippen LogP contribution in [-0.4, -0.2) is 9.55 Å². The number of rotatable bonds is 1. The fourth-order valence-electron chi connectivity index (χ4n) is 0.973. The summed E-state index contributed by atoms with van der Waals surface area (Å²) in [6.45, 7) is 0. The van der Waals surface area contributed by atoms with Gasteiger partial charge in [-0.05, 0) is 12.8 Å². The zero-order chi connectivity index (χ0) is 6.27. The van der Waals surface area contributed by atoms with Crippen LogP contribution < -0.4 is 5.73 Å². The number of nitrogens with two attached hydrogens (primary N) is 1. The molecule has 1 aromatic heterocycles. The number of nitrogens with zero attached hydrogens (tertiary/aromatic N) is 2. The SMILES string of the molecule is Cl.Nc1cncn1C1CC1. The van der Waals surface area contributed by atoms with Gasteiger partial charge in [0.1, 0.15) is 5.82 Å². The minimum atomic E-state index is 0. The van der Waals surface area contributed by atoms with E-state index in [1.165, 1.54) is 12.8 Å². The Labute approximate surface area is 65.7 Å². The first kappa shape index (κ1) is 7.41. The van der Waals surface area contributed by atoms with E-state index in [2.05, 4.69) is 4.98 Å². The average molecular weight is 160 g/mol. The minimum Gasteiger partial charge on any atom is -0.384 e. The maximum Gasteiger partial charge on any atom is 0.123 e. The Kier molecular flexibility index (Phi) is 1.85. The van der Waals surface area contributed by atoms with Gasteiger partial charge in [0.05, 0.1) is 12.5 Å². The monoisotopic (exact) mass is 159 g/mol. The Bertz CT molecular complexity index is 217. The van der Waals surface area contributed by atoms with Crippen LogP contribution in [0.15, 0.2) is 12.5 Å². The summed E-state index contributed by atoms with van der Waals surface area (Å²) < 4.78 is 2.03. The van der Waals surface area contributed by atoms with Crippen molar-refractivity contribution in [3.05, 3.63) is 12.5 Å². The molecule has 2 rings (SSSR count). The van der Waals surface area contributed by atoms with Gasteiger partial charge in [-0.2, -0.15) is 0 Å². The average Bonchev–Trinajstić information content (AvgIpc) is 2.58. The van der Waals surface area contributed by atoms with E-state index < -0.39 is 0 Å². The van der Waals surface area contributed by atoms with Crippen molar-refractivity contribution in [2.24, 2.45) is 0 Å². The van der Waals surface area contributed by atoms with Gasteiger partial charge in [-0.3, -0.25) is 0 Å². The molecule has 4 heteroatoms. The molecule has 0 aliphatic heterocycles. The Morgan fingerprint density at radius 3 is 2.70 bits per heavy atom. The van der Waals surface area contributed by atoms with Crippen LogP contribution in [0.1, 0.15) is 18.9 Å². The summed E-state index contributed by atoms with van der Waals surface area (Å²) in [4.78, 5) is 3.92. The third-order valence-corrected chi connectivity index (χ3v) is 1.64. The van der Waals surface area contributed by atoms with Crippen molar-refractivity contribution < 1.29 is 0 Å². The Morgan fingerprint density at radius 2 is 2.30 bits per heavy atom. The molecule has 1 heterocycles. The van der Waals surface area contributed by atoms with Crippen molar-refractivity contribution in [1.82, 2.24) is 9.55 Å². The molecule has 0 atom stereocenters. The van der Waals surface area contributed by atoms with E-state index in [-0.39, 0.29) is 12.4 Å². The molecule has 1 fully saturated rings. The highest BCUT2D eigenvalue weighted by Crippen LogP contribution is 2.36. The normalized spacial score (nSPS) is 16.4. The van der Waals surface area contributed by atoms with Gasteiger partial charge in [0.15, 0.2) is 0 Å². The van der Waals surface area contributed by atoms with Crippen LogP contribution in [0.3, 0.4) is 0 Å². The summed E-state index contributed by atoms with van der Waals surface area (Å²) in [6.07, 6.45) is 6.02. The zero-order valence-electron chi connectivity index (χ0n) is 5.53. The second-order valence-corrected chi connectivity index (χ2v) is 2.46. The Balaban J connectivity index is 0.000000500. The zero-order valence-corrected chi connectivity index (χ0v) is 6.34. The van der Waals surface area contributed by atoms with Gasteiger partial charge in [0.2, 0.25) is 0 Å². The van der Waals surface area contributed by atoms with Gasteiger partial charge in [-0.25, -0.2) is 4.98 Å². The van der Waals surface area contributed by atoms with E-state index in [1.807, 2.05) is 4.57 Å². The van der Waals surface area contributed by atoms with Gasteiger partial charge in [-0.1, -0.05) is 0 Å². The van der Waals surface area contributed by atoms with Gasteiger partial charge in [-0.15, -0.1) is 12.4 Å². The molecule has 0 saturated heterocycles. The lowest BCUT2D eigenvalue weighted by Crippen LogP contribution is -1.97. The van der Waals surface area contributed by atoms with Crippen LogP contribution in [0.5, 0.6) is 0 Å². The number of hydrogen-bond donors (Lipinski definition) is 1. The van der Waals surface area contributed by atoms with Crippen molar-refractivity contribution in [3.8, 4) is 0 Å². The largest absolute Gasteiger partial charge is 0.384 e. The molecule has 0 amide bonds. The predicted molar refractivity (Wildman–Crippen MR) is 42.2 cm³/mol. The first-order valence-corrected chi connectivity index (χ1v) is 3.15. The quantitative estimate of drug-likeness (QED) is 0.670.